The third kappa shape index (κ3) is 4.20. The molecule has 0 aliphatic carbocycles. The smallest absolute Gasteiger partial charge is 0.119 e. The van der Waals surface area contributed by atoms with Crippen molar-refractivity contribution in [3.8, 4) is 0 Å². The number of ether oxygens (including phenoxy) is 1. The van der Waals surface area contributed by atoms with E-state index in [4.69, 9.17) is 4.74 Å². The Labute approximate surface area is 102 Å². The molecule has 0 bridgehead atoms. The van der Waals surface area contributed by atoms with Crippen LogP contribution in [0.4, 0.5) is 0 Å². The minimum Gasteiger partial charge on any atom is -0.378 e. The highest BCUT2D eigenvalue weighted by Crippen LogP contribution is 2.19. The zero-order chi connectivity index (χ0) is 11.8. The van der Waals surface area contributed by atoms with E-state index in [1.54, 1.807) is 18.4 Å². The lowest BCUT2D eigenvalue weighted by Crippen LogP contribution is -2.14. The summed E-state index contributed by atoms with van der Waals surface area (Å²) < 4.78 is 5.11. The van der Waals surface area contributed by atoms with Crippen LogP contribution in [0.2, 0.25) is 0 Å². The van der Waals surface area contributed by atoms with Gasteiger partial charge in [0.05, 0.1) is 12.3 Å². The lowest BCUT2D eigenvalue weighted by molar-refractivity contribution is 0.184. The van der Waals surface area contributed by atoms with Crippen LogP contribution < -0.4 is 5.32 Å². The molecule has 1 heterocycles. The highest BCUT2D eigenvalue weighted by Gasteiger charge is 2.08. The van der Waals surface area contributed by atoms with E-state index in [1.807, 2.05) is 0 Å². The molecule has 0 amide bonds. The van der Waals surface area contributed by atoms with E-state index in [0.29, 0.717) is 6.61 Å². The molecule has 0 saturated carbocycles. The van der Waals surface area contributed by atoms with Crippen molar-refractivity contribution < 1.29 is 4.74 Å². The predicted octanol–water partition coefficient (Wildman–Crippen LogP) is 2.74. The Bertz CT molecular complexity index is 299. The largest absolute Gasteiger partial charge is 0.378 e. The van der Waals surface area contributed by atoms with Crippen LogP contribution in [-0.4, -0.2) is 18.6 Å². The Morgan fingerprint density at radius 2 is 2.19 bits per heavy atom. The molecular formula is C12H22N2OS. The van der Waals surface area contributed by atoms with E-state index in [1.165, 1.54) is 23.4 Å². The molecule has 0 aliphatic rings. The summed E-state index contributed by atoms with van der Waals surface area (Å²) in [7, 11) is 1.71. The molecule has 0 fully saturated rings. The number of hydrogen-bond acceptors (Lipinski definition) is 4. The number of thiazole rings is 1. The minimum absolute atomic E-state index is 0.632. The van der Waals surface area contributed by atoms with E-state index >= 15 is 0 Å². The van der Waals surface area contributed by atoms with Gasteiger partial charge in [0.2, 0.25) is 0 Å². The summed E-state index contributed by atoms with van der Waals surface area (Å²) in [6.07, 6.45) is 3.49. The molecule has 0 spiro atoms. The van der Waals surface area contributed by atoms with Crippen molar-refractivity contribution in [3.05, 3.63) is 15.6 Å². The van der Waals surface area contributed by atoms with Crippen LogP contribution in [0, 0.1) is 0 Å². The van der Waals surface area contributed by atoms with Gasteiger partial charge >= 0.3 is 0 Å². The zero-order valence-electron chi connectivity index (χ0n) is 10.5. The molecule has 3 nitrogen and oxygen atoms in total. The van der Waals surface area contributed by atoms with Crippen molar-refractivity contribution in [1.82, 2.24) is 10.3 Å². The number of nitrogens with one attached hydrogen (secondary N) is 1. The van der Waals surface area contributed by atoms with Crippen molar-refractivity contribution >= 4 is 11.3 Å². The van der Waals surface area contributed by atoms with Crippen molar-refractivity contribution in [1.29, 1.82) is 0 Å². The summed E-state index contributed by atoms with van der Waals surface area (Å²) in [5, 5.41) is 4.55. The van der Waals surface area contributed by atoms with Crippen LogP contribution >= 0.6 is 11.3 Å². The first-order valence-electron chi connectivity index (χ1n) is 5.98. The Morgan fingerprint density at radius 1 is 1.38 bits per heavy atom. The number of nitrogens with zero attached hydrogens (tertiary/aromatic N) is 1. The van der Waals surface area contributed by atoms with Gasteiger partial charge in [0.25, 0.3) is 0 Å². The lowest BCUT2D eigenvalue weighted by atomic mass is 10.3. The van der Waals surface area contributed by atoms with Gasteiger partial charge in [-0.1, -0.05) is 20.3 Å². The van der Waals surface area contributed by atoms with Crippen LogP contribution in [0.3, 0.4) is 0 Å². The van der Waals surface area contributed by atoms with E-state index < -0.39 is 0 Å². The van der Waals surface area contributed by atoms with Gasteiger partial charge in [-0.15, -0.1) is 11.3 Å². The highest BCUT2D eigenvalue weighted by atomic mass is 32.1. The fraction of sp³-hybridized carbons (Fsp3) is 0.750. The van der Waals surface area contributed by atoms with Crippen LogP contribution in [0.5, 0.6) is 0 Å². The van der Waals surface area contributed by atoms with Crippen LogP contribution in [-0.2, 0) is 24.3 Å². The number of aryl methyl sites for hydroxylation is 1. The first-order chi connectivity index (χ1) is 7.81. The second-order valence-electron chi connectivity index (χ2n) is 3.79. The van der Waals surface area contributed by atoms with Crippen molar-refractivity contribution in [2.24, 2.45) is 0 Å². The molecule has 0 aromatic carbocycles. The van der Waals surface area contributed by atoms with E-state index in [2.05, 4.69) is 24.1 Å². The molecule has 0 atom stereocenters. The number of aromatic nitrogens is 1. The molecule has 1 aromatic rings. The van der Waals surface area contributed by atoms with Crippen LogP contribution in [0.15, 0.2) is 0 Å². The number of methoxy groups -OCH3 is 1. The van der Waals surface area contributed by atoms with Gasteiger partial charge in [-0.3, -0.25) is 0 Å². The van der Waals surface area contributed by atoms with Gasteiger partial charge in [0.1, 0.15) is 5.01 Å². The minimum atomic E-state index is 0.632. The summed E-state index contributed by atoms with van der Waals surface area (Å²) in [6, 6.07) is 0. The summed E-state index contributed by atoms with van der Waals surface area (Å²) in [4.78, 5) is 5.94. The van der Waals surface area contributed by atoms with Crippen molar-refractivity contribution in [3.63, 3.8) is 0 Å². The topological polar surface area (TPSA) is 34.1 Å². The Balaban J connectivity index is 2.49. The standard InChI is InChI=1S/C12H22N2OS/c1-4-6-7-13-8-11-10(5-2)14-12(16-11)9-15-3/h13H,4-9H2,1-3H3. The maximum atomic E-state index is 5.11. The molecule has 1 rings (SSSR count). The van der Waals surface area contributed by atoms with Crippen LogP contribution in [0.1, 0.15) is 42.3 Å². The SMILES string of the molecule is CCCCNCc1sc(COC)nc1CC. The molecular weight excluding hydrogens is 220 g/mol. The van der Waals surface area contributed by atoms with E-state index in [-0.39, 0.29) is 0 Å². The third-order valence-corrected chi connectivity index (χ3v) is 3.49. The quantitative estimate of drug-likeness (QED) is 0.712. The van der Waals surface area contributed by atoms with Gasteiger partial charge in [-0.05, 0) is 19.4 Å². The summed E-state index contributed by atoms with van der Waals surface area (Å²) in [5.41, 5.74) is 1.22. The number of hydrogen-bond donors (Lipinski definition) is 1. The summed E-state index contributed by atoms with van der Waals surface area (Å²) >= 11 is 1.77. The fourth-order valence-electron chi connectivity index (χ4n) is 1.54. The number of rotatable bonds is 8. The van der Waals surface area contributed by atoms with Crippen molar-refractivity contribution in [2.75, 3.05) is 13.7 Å². The Kier molecular flexibility index (Phi) is 6.61. The van der Waals surface area contributed by atoms with E-state index in [9.17, 15) is 0 Å². The second kappa shape index (κ2) is 7.76. The molecule has 92 valence electrons. The third-order valence-electron chi connectivity index (χ3n) is 2.42. The Morgan fingerprint density at radius 3 is 2.81 bits per heavy atom. The van der Waals surface area contributed by atoms with Gasteiger partial charge in [-0.2, -0.15) is 0 Å². The first kappa shape index (κ1) is 13.6. The van der Waals surface area contributed by atoms with Gasteiger partial charge in [0.15, 0.2) is 0 Å². The Hall–Kier alpha value is -0.450. The van der Waals surface area contributed by atoms with Gasteiger partial charge in [-0.25, -0.2) is 4.98 Å². The fourth-order valence-corrected chi connectivity index (χ4v) is 2.64. The number of unbranched alkanes of at least 4 members (excludes halogenated alkanes) is 1. The molecule has 4 heteroatoms. The first-order valence-corrected chi connectivity index (χ1v) is 6.80. The molecule has 0 radical (unpaired) electrons. The monoisotopic (exact) mass is 242 g/mol. The van der Waals surface area contributed by atoms with Gasteiger partial charge < -0.3 is 10.1 Å². The second-order valence-corrected chi connectivity index (χ2v) is 4.96. The van der Waals surface area contributed by atoms with Crippen LogP contribution in [0.25, 0.3) is 0 Å². The molecule has 1 aromatic heterocycles. The summed E-state index contributed by atoms with van der Waals surface area (Å²) in [6.45, 7) is 7.04. The summed E-state index contributed by atoms with van der Waals surface area (Å²) in [5.74, 6) is 0. The molecule has 0 saturated heterocycles. The molecule has 1 N–H and O–H groups in total. The maximum absolute atomic E-state index is 5.11. The average molecular weight is 242 g/mol. The molecule has 0 aliphatic heterocycles. The maximum Gasteiger partial charge on any atom is 0.119 e. The van der Waals surface area contributed by atoms with Crippen molar-refractivity contribution in [2.45, 2.75) is 46.3 Å². The highest BCUT2D eigenvalue weighted by molar-refractivity contribution is 7.11. The lowest BCUT2D eigenvalue weighted by Gasteiger charge is -2.02. The van der Waals surface area contributed by atoms with E-state index in [0.717, 1.165) is 24.5 Å². The molecule has 16 heavy (non-hydrogen) atoms. The molecule has 0 unspecified atom stereocenters. The predicted molar refractivity (Wildman–Crippen MR) is 68.8 cm³/mol. The zero-order valence-corrected chi connectivity index (χ0v) is 11.3. The average Bonchev–Trinajstić information content (AvgIpc) is 2.67. The normalized spacial score (nSPS) is 10.9. The van der Waals surface area contributed by atoms with Gasteiger partial charge in [0, 0.05) is 18.5 Å².